The zero-order valence-electron chi connectivity index (χ0n) is 11.9. The van der Waals surface area contributed by atoms with Crippen molar-refractivity contribution in [1.29, 1.82) is 5.26 Å². The van der Waals surface area contributed by atoms with Gasteiger partial charge in [0.15, 0.2) is 11.4 Å². The second-order valence-corrected chi connectivity index (χ2v) is 5.64. The van der Waals surface area contributed by atoms with Crippen LogP contribution in [-0.2, 0) is 0 Å². The molecule has 112 valence electrons. The van der Waals surface area contributed by atoms with Gasteiger partial charge in [-0.3, -0.25) is 5.32 Å². The molecule has 1 aliphatic rings. The first-order valence-electron chi connectivity index (χ1n) is 6.97. The molecule has 1 N–H and O–H groups in total. The van der Waals surface area contributed by atoms with Gasteiger partial charge in [0.05, 0.1) is 6.10 Å². The summed E-state index contributed by atoms with van der Waals surface area (Å²) < 4.78 is 19.4. The summed E-state index contributed by atoms with van der Waals surface area (Å²) in [4.78, 5) is 4.27. The van der Waals surface area contributed by atoms with Crippen molar-refractivity contribution in [2.45, 2.75) is 38.2 Å². The molecule has 1 fully saturated rings. The highest BCUT2D eigenvalue weighted by atomic mass is 32.2. The Morgan fingerprint density at radius 2 is 2.19 bits per heavy atom. The number of nitrogens with zero attached hydrogens (tertiary/aromatic N) is 2. The van der Waals surface area contributed by atoms with Crippen LogP contribution in [0, 0.1) is 17.3 Å². The highest BCUT2D eigenvalue weighted by molar-refractivity contribution is 8.13. The SMILES string of the molecule is CSC(=Nc1cc(F)ccc1OC1CCCCC1)NC#N. The maximum Gasteiger partial charge on any atom is 0.183 e. The Morgan fingerprint density at radius 1 is 1.43 bits per heavy atom. The molecule has 0 amide bonds. The molecule has 1 saturated carbocycles. The fourth-order valence-electron chi connectivity index (χ4n) is 2.32. The van der Waals surface area contributed by atoms with Crippen LogP contribution in [0.5, 0.6) is 5.75 Å². The van der Waals surface area contributed by atoms with Crippen LogP contribution in [0.25, 0.3) is 0 Å². The molecule has 0 saturated heterocycles. The summed E-state index contributed by atoms with van der Waals surface area (Å²) in [6, 6.07) is 4.30. The molecule has 2 rings (SSSR count). The van der Waals surface area contributed by atoms with Gasteiger partial charge >= 0.3 is 0 Å². The lowest BCUT2D eigenvalue weighted by molar-refractivity contribution is 0.155. The number of ether oxygens (including phenoxy) is 1. The van der Waals surface area contributed by atoms with Crippen molar-refractivity contribution in [1.82, 2.24) is 5.32 Å². The van der Waals surface area contributed by atoms with E-state index in [0.717, 1.165) is 25.7 Å². The van der Waals surface area contributed by atoms with E-state index in [0.29, 0.717) is 16.6 Å². The number of aliphatic imine (C=N–C) groups is 1. The van der Waals surface area contributed by atoms with Crippen LogP contribution in [0.2, 0.25) is 0 Å². The minimum absolute atomic E-state index is 0.166. The van der Waals surface area contributed by atoms with E-state index in [9.17, 15) is 4.39 Å². The van der Waals surface area contributed by atoms with Gasteiger partial charge in [0.1, 0.15) is 17.3 Å². The van der Waals surface area contributed by atoms with E-state index in [1.54, 1.807) is 12.3 Å². The number of rotatable bonds is 3. The van der Waals surface area contributed by atoms with Gasteiger partial charge in [0.2, 0.25) is 0 Å². The van der Waals surface area contributed by atoms with Crippen molar-refractivity contribution in [2.24, 2.45) is 4.99 Å². The molecule has 0 radical (unpaired) electrons. The van der Waals surface area contributed by atoms with Gasteiger partial charge in [0.25, 0.3) is 0 Å². The van der Waals surface area contributed by atoms with Crippen LogP contribution in [-0.4, -0.2) is 17.5 Å². The predicted molar refractivity (Wildman–Crippen MR) is 83.3 cm³/mol. The molecule has 0 bridgehead atoms. The van der Waals surface area contributed by atoms with Crippen molar-refractivity contribution >= 4 is 22.6 Å². The molecular weight excluding hydrogens is 289 g/mol. The fourth-order valence-corrected chi connectivity index (χ4v) is 2.66. The van der Waals surface area contributed by atoms with Gasteiger partial charge in [-0.1, -0.05) is 18.2 Å². The molecule has 4 nitrogen and oxygen atoms in total. The van der Waals surface area contributed by atoms with Crippen molar-refractivity contribution in [3.8, 4) is 11.9 Å². The van der Waals surface area contributed by atoms with Gasteiger partial charge in [-0.25, -0.2) is 9.38 Å². The topological polar surface area (TPSA) is 57.4 Å². The molecule has 0 spiro atoms. The average molecular weight is 307 g/mol. The lowest BCUT2D eigenvalue weighted by Gasteiger charge is -2.23. The van der Waals surface area contributed by atoms with Gasteiger partial charge in [-0.05, 0) is 44.1 Å². The normalized spacial score (nSPS) is 16.3. The van der Waals surface area contributed by atoms with E-state index in [4.69, 9.17) is 10.00 Å². The first-order chi connectivity index (χ1) is 10.2. The van der Waals surface area contributed by atoms with E-state index in [2.05, 4.69) is 10.3 Å². The Kier molecular flexibility index (Phi) is 5.88. The van der Waals surface area contributed by atoms with E-state index in [1.807, 2.05) is 6.19 Å². The lowest BCUT2D eigenvalue weighted by Crippen LogP contribution is -2.19. The Morgan fingerprint density at radius 3 is 2.86 bits per heavy atom. The number of benzene rings is 1. The first-order valence-corrected chi connectivity index (χ1v) is 8.19. The van der Waals surface area contributed by atoms with Gasteiger partial charge in [-0.2, -0.15) is 5.26 Å². The van der Waals surface area contributed by atoms with Crippen LogP contribution in [0.4, 0.5) is 10.1 Å². The summed E-state index contributed by atoms with van der Waals surface area (Å²) in [5, 5.41) is 11.6. The monoisotopic (exact) mass is 307 g/mol. The molecule has 0 heterocycles. The summed E-state index contributed by atoms with van der Waals surface area (Å²) in [6.45, 7) is 0. The van der Waals surface area contributed by atoms with Crippen LogP contribution in [0.1, 0.15) is 32.1 Å². The number of amidine groups is 1. The maximum atomic E-state index is 13.4. The smallest absolute Gasteiger partial charge is 0.183 e. The molecule has 0 atom stereocenters. The minimum atomic E-state index is -0.373. The molecule has 0 unspecified atom stereocenters. The van der Waals surface area contributed by atoms with Gasteiger partial charge in [-0.15, -0.1) is 0 Å². The third kappa shape index (κ3) is 4.64. The van der Waals surface area contributed by atoms with Crippen LogP contribution in [0.3, 0.4) is 0 Å². The Labute approximate surface area is 128 Å². The summed E-state index contributed by atoms with van der Waals surface area (Å²) in [6.07, 6.45) is 9.39. The number of hydrogen-bond acceptors (Lipinski definition) is 4. The second-order valence-electron chi connectivity index (χ2n) is 4.85. The molecular formula is C15H18FN3OS. The molecule has 6 heteroatoms. The Balaban J connectivity index is 2.22. The number of nitrogens with one attached hydrogen (secondary N) is 1. The predicted octanol–water partition coefficient (Wildman–Crippen LogP) is 3.96. The fraction of sp³-hybridized carbons (Fsp3) is 0.467. The van der Waals surface area contributed by atoms with Crippen molar-refractivity contribution in [3.05, 3.63) is 24.0 Å². The molecule has 0 aromatic heterocycles. The Bertz CT molecular complexity index is 550. The number of nitriles is 1. The summed E-state index contributed by atoms with van der Waals surface area (Å²) in [5.74, 6) is 0.191. The van der Waals surface area contributed by atoms with Crippen molar-refractivity contribution in [2.75, 3.05) is 6.26 Å². The summed E-state index contributed by atoms with van der Waals surface area (Å²) in [5.41, 5.74) is 0.410. The lowest BCUT2D eigenvalue weighted by atomic mass is 9.98. The van der Waals surface area contributed by atoms with E-state index in [-0.39, 0.29) is 11.9 Å². The molecule has 21 heavy (non-hydrogen) atoms. The quantitative estimate of drug-likeness (QED) is 0.397. The third-order valence-electron chi connectivity index (χ3n) is 3.34. The van der Waals surface area contributed by atoms with Crippen LogP contribution in [0.15, 0.2) is 23.2 Å². The minimum Gasteiger partial charge on any atom is -0.488 e. The molecule has 1 aromatic rings. The summed E-state index contributed by atoms with van der Waals surface area (Å²) >= 11 is 1.29. The molecule has 1 aliphatic carbocycles. The number of hydrogen-bond donors (Lipinski definition) is 1. The van der Waals surface area contributed by atoms with E-state index in [1.165, 1.54) is 30.3 Å². The summed E-state index contributed by atoms with van der Waals surface area (Å²) in [7, 11) is 0. The molecule has 0 aliphatic heterocycles. The average Bonchev–Trinajstić information content (AvgIpc) is 2.50. The number of halogens is 1. The maximum absolute atomic E-state index is 13.4. The zero-order chi connectivity index (χ0) is 15.1. The van der Waals surface area contributed by atoms with Gasteiger partial charge < -0.3 is 4.74 Å². The standard InChI is InChI=1S/C15H18FN3OS/c1-21-15(18-10-17)19-13-9-11(16)7-8-14(13)20-12-5-3-2-4-6-12/h7-9,12H,2-6H2,1H3,(H,18,19). The Hall–Kier alpha value is -1.74. The highest BCUT2D eigenvalue weighted by Crippen LogP contribution is 2.32. The van der Waals surface area contributed by atoms with Crippen LogP contribution >= 0.6 is 11.8 Å². The van der Waals surface area contributed by atoms with E-state index < -0.39 is 0 Å². The second kappa shape index (κ2) is 7.89. The van der Waals surface area contributed by atoms with E-state index >= 15 is 0 Å². The first kappa shape index (κ1) is 15.6. The van der Waals surface area contributed by atoms with Gasteiger partial charge in [0, 0.05) is 6.07 Å². The van der Waals surface area contributed by atoms with Crippen molar-refractivity contribution < 1.29 is 9.13 Å². The number of thioether (sulfide) groups is 1. The zero-order valence-corrected chi connectivity index (χ0v) is 12.8. The largest absolute Gasteiger partial charge is 0.488 e. The van der Waals surface area contributed by atoms with Crippen molar-refractivity contribution in [3.63, 3.8) is 0 Å². The highest BCUT2D eigenvalue weighted by Gasteiger charge is 2.17. The third-order valence-corrected chi connectivity index (χ3v) is 3.93. The van der Waals surface area contributed by atoms with Crippen LogP contribution < -0.4 is 10.1 Å². The molecule has 1 aromatic carbocycles.